The van der Waals surface area contributed by atoms with Crippen LogP contribution in [0.1, 0.15) is 1.43 Å². The normalized spacial score (nSPS) is 13.7. The summed E-state index contributed by atoms with van der Waals surface area (Å²) >= 11 is 0. The molecule has 25 heavy (non-hydrogen) atoms. The maximum absolute atomic E-state index is 13.7. The standard InChI is InChI=1S/C14H20F10.K.H/c15-1-11(2-16,3-17)13(7-21,8-22)14(9-23,10-24)12(4-18,5-19)6-20;;/h1-10H2;;/q;+1;-1. The van der Waals surface area contributed by atoms with Gasteiger partial charge in [-0.05, 0) is 0 Å². The largest absolute Gasteiger partial charge is 1.00 e. The van der Waals surface area contributed by atoms with Crippen molar-refractivity contribution in [2.75, 3.05) is 66.7 Å². The summed E-state index contributed by atoms with van der Waals surface area (Å²) in [6.07, 6.45) is 0. The summed E-state index contributed by atoms with van der Waals surface area (Å²) in [6.45, 7) is -21.6. The van der Waals surface area contributed by atoms with E-state index in [2.05, 4.69) is 0 Å². The Labute approximate surface area is 184 Å². The van der Waals surface area contributed by atoms with Crippen LogP contribution < -0.4 is 51.4 Å². The third kappa shape index (κ3) is 3.91. The summed E-state index contributed by atoms with van der Waals surface area (Å²) in [4.78, 5) is 0. The molecule has 0 radical (unpaired) electrons. The smallest absolute Gasteiger partial charge is 1.00 e. The molecular formula is C14H21F10K. The first kappa shape index (κ1) is 28.1. The van der Waals surface area contributed by atoms with Crippen LogP contribution in [0.5, 0.6) is 0 Å². The van der Waals surface area contributed by atoms with Gasteiger partial charge in [0.15, 0.2) is 0 Å². The number of alkyl halides is 10. The van der Waals surface area contributed by atoms with Gasteiger partial charge in [-0.2, -0.15) is 0 Å². The Balaban J connectivity index is -0.00000264. The molecule has 0 unspecified atom stereocenters. The van der Waals surface area contributed by atoms with Crippen LogP contribution in [0.3, 0.4) is 0 Å². The van der Waals surface area contributed by atoms with Gasteiger partial charge in [-0.15, -0.1) is 0 Å². The summed E-state index contributed by atoms with van der Waals surface area (Å²) in [5, 5.41) is 0. The summed E-state index contributed by atoms with van der Waals surface area (Å²) in [6, 6.07) is 0. The molecule has 11 heteroatoms. The Kier molecular flexibility index (Phi) is 13.2. The van der Waals surface area contributed by atoms with Crippen molar-refractivity contribution >= 4 is 0 Å². The maximum atomic E-state index is 13.7. The van der Waals surface area contributed by atoms with Crippen molar-refractivity contribution in [3.05, 3.63) is 0 Å². The number of hydrogen-bond acceptors (Lipinski definition) is 0. The predicted octanol–water partition coefficient (Wildman–Crippen LogP) is 1.74. The van der Waals surface area contributed by atoms with Gasteiger partial charge >= 0.3 is 51.4 Å². The van der Waals surface area contributed by atoms with Crippen LogP contribution in [-0.4, -0.2) is 66.7 Å². The van der Waals surface area contributed by atoms with Crippen LogP contribution in [0.25, 0.3) is 0 Å². The van der Waals surface area contributed by atoms with E-state index in [0.29, 0.717) is 0 Å². The molecule has 0 aromatic heterocycles. The van der Waals surface area contributed by atoms with Crippen LogP contribution in [0.2, 0.25) is 0 Å². The Hall–Kier alpha value is 0.936. The summed E-state index contributed by atoms with van der Waals surface area (Å²) in [7, 11) is 0. The van der Waals surface area contributed by atoms with Crippen molar-refractivity contribution in [2.45, 2.75) is 0 Å². The van der Waals surface area contributed by atoms with Crippen molar-refractivity contribution < 1.29 is 96.7 Å². The molecule has 0 aliphatic carbocycles. The Morgan fingerprint density at radius 3 is 0.600 bits per heavy atom. The van der Waals surface area contributed by atoms with E-state index in [9.17, 15) is 43.9 Å². The maximum Gasteiger partial charge on any atom is 1.00 e. The fraction of sp³-hybridized carbons (Fsp3) is 1.00. The van der Waals surface area contributed by atoms with E-state index in [4.69, 9.17) is 0 Å². The fourth-order valence-electron chi connectivity index (χ4n) is 3.15. The first-order chi connectivity index (χ1) is 11.4. The fourth-order valence-corrected chi connectivity index (χ4v) is 3.15. The average Bonchev–Trinajstić information content (AvgIpc) is 2.65. The molecular weight excluding hydrogens is 397 g/mol. The second kappa shape index (κ2) is 11.7. The van der Waals surface area contributed by atoms with Gasteiger partial charge in [0.25, 0.3) is 0 Å². The molecule has 0 saturated heterocycles. The molecule has 0 aromatic carbocycles. The topological polar surface area (TPSA) is 0 Å². The van der Waals surface area contributed by atoms with Crippen LogP contribution in [0.4, 0.5) is 43.9 Å². The Bertz CT molecular complexity index is 307. The monoisotopic (exact) mass is 418 g/mol. The summed E-state index contributed by atoms with van der Waals surface area (Å²) in [5.74, 6) is 0. The molecule has 0 fully saturated rings. The van der Waals surface area contributed by atoms with E-state index < -0.39 is 88.4 Å². The van der Waals surface area contributed by atoms with Crippen molar-refractivity contribution in [3.63, 3.8) is 0 Å². The number of rotatable bonds is 13. The minimum Gasteiger partial charge on any atom is -1.00 e. The second-order valence-corrected chi connectivity index (χ2v) is 6.06. The summed E-state index contributed by atoms with van der Waals surface area (Å²) < 4.78 is 135. The zero-order valence-corrected chi connectivity index (χ0v) is 17.0. The average molecular weight is 418 g/mol. The van der Waals surface area contributed by atoms with Gasteiger partial charge in [0.1, 0.15) is 40.0 Å². The first-order valence-corrected chi connectivity index (χ1v) is 6.96. The molecule has 0 aliphatic heterocycles. The van der Waals surface area contributed by atoms with Crippen LogP contribution >= 0.6 is 0 Å². The van der Waals surface area contributed by atoms with E-state index in [-0.39, 0.29) is 52.8 Å². The van der Waals surface area contributed by atoms with Gasteiger partial charge in [-0.3, -0.25) is 43.9 Å². The minimum absolute atomic E-state index is 0. The molecule has 0 bridgehead atoms. The Morgan fingerprint density at radius 1 is 0.360 bits per heavy atom. The molecule has 0 aliphatic rings. The van der Waals surface area contributed by atoms with Gasteiger partial charge in [-0.1, -0.05) is 0 Å². The molecule has 0 N–H and O–H groups in total. The zero-order chi connectivity index (χ0) is 19.1. The van der Waals surface area contributed by atoms with Crippen molar-refractivity contribution in [2.24, 2.45) is 21.7 Å². The molecule has 0 rings (SSSR count). The third-order valence-electron chi connectivity index (χ3n) is 5.39. The van der Waals surface area contributed by atoms with E-state index in [1.165, 1.54) is 0 Å². The number of halogens is 10. The quantitative estimate of drug-likeness (QED) is 0.316. The van der Waals surface area contributed by atoms with Gasteiger partial charge in [0, 0.05) is 0 Å². The van der Waals surface area contributed by atoms with Gasteiger partial charge in [0.05, 0.1) is 48.4 Å². The molecule has 0 saturated carbocycles. The van der Waals surface area contributed by atoms with Gasteiger partial charge in [0.2, 0.25) is 0 Å². The van der Waals surface area contributed by atoms with Gasteiger partial charge in [-0.25, -0.2) is 0 Å². The SMILES string of the molecule is FCC(CF)(CF)C(CF)(CF)C(CF)(CF)C(CF)(CF)CF.[H-].[K+]. The Morgan fingerprint density at radius 2 is 0.520 bits per heavy atom. The van der Waals surface area contributed by atoms with Crippen LogP contribution in [0, 0.1) is 21.7 Å². The van der Waals surface area contributed by atoms with E-state index in [1.54, 1.807) is 0 Å². The molecule has 0 heterocycles. The van der Waals surface area contributed by atoms with Crippen molar-refractivity contribution in [1.29, 1.82) is 0 Å². The van der Waals surface area contributed by atoms with Crippen molar-refractivity contribution in [1.82, 2.24) is 0 Å². The van der Waals surface area contributed by atoms with Crippen LogP contribution in [-0.2, 0) is 0 Å². The summed E-state index contributed by atoms with van der Waals surface area (Å²) in [5.41, 5.74) is -13.5. The minimum atomic E-state index is -3.48. The number of hydrogen-bond donors (Lipinski definition) is 0. The van der Waals surface area contributed by atoms with Crippen LogP contribution in [0.15, 0.2) is 0 Å². The van der Waals surface area contributed by atoms with E-state index in [0.717, 1.165) is 0 Å². The van der Waals surface area contributed by atoms with Gasteiger partial charge < -0.3 is 1.43 Å². The third-order valence-corrected chi connectivity index (χ3v) is 5.39. The molecule has 0 nitrogen and oxygen atoms in total. The molecule has 148 valence electrons. The molecule has 0 aromatic rings. The van der Waals surface area contributed by atoms with E-state index in [1.807, 2.05) is 0 Å². The van der Waals surface area contributed by atoms with Crippen molar-refractivity contribution in [3.8, 4) is 0 Å². The zero-order valence-electron chi connectivity index (χ0n) is 14.9. The molecule has 0 atom stereocenters. The first-order valence-electron chi connectivity index (χ1n) is 6.96. The van der Waals surface area contributed by atoms with E-state index >= 15 is 0 Å². The second-order valence-electron chi connectivity index (χ2n) is 6.06. The molecule has 0 amide bonds. The molecule has 0 spiro atoms. The predicted molar refractivity (Wildman–Crippen MR) is 70.6 cm³/mol.